The van der Waals surface area contributed by atoms with Gasteiger partial charge in [0.2, 0.25) is 0 Å². The Bertz CT molecular complexity index is 847. The summed E-state index contributed by atoms with van der Waals surface area (Å²) in [7, 11) is 1.95. The first kappa shape index (κ1) is 24.8. The van der Waals surface area contributed by atoms with Crippen LogP contribution in [0.5, 0.6) is 5.75 Å². The van der Waals surface area contributed by atoms with Crippen molar-refractivity contribution in [3.05, 3.63) is 56.6 Å². The molecule has 2 aliphatic heterocycles. The average Bonchev–Trinajstić information content (AvgIpc) is 2.94. The van der Waals surface area contributed by atoms with Crippen LogP contribution in [0.4, 0.5) is 0 Å². The van der Waals surface area contributed by atoms with Gasteiger partial charge in [-0.15, -0.1) is 0 Å². The molecule has 7 heteroatoms. The van der Waals surface area contributed by atoms with Gasteiger partial charge in [0.25, 0.3) is 0 Å². The summed E-state index contributed by atoms with van der Waals surface area (Å²) in [6, 6.07) is 14.1. The van der Waals surface area contributed by atoms with Crippen LogP contribution in [-0.4, -0.2) is 48.5 Å². The zero-order valence-electron chi connectivity index (χ0n) is 19.0. The molecule has 1 N–H and O–H groups in total. The van der Waals surface area contributed by atoms with Crippen molar-refractivity contribution < 1.29 is 14.4 Å². The standard InChI is InChI=1S/C18H28BNO2.C6H4ClIO/c1-17(2)18(3,4)22-19(21-17)16-8-6-14(7-9-16)15-10-12-20(5)13-11-15;7-4-2-1-3-5(8)6(4)9/h6-9,15H,10-13H2,1-5H3;1-3,9H. The topological polar surface area (TPSA) is 41.9 Å². The molecule has 0 radical (unpaired) electrons. The summed E-state index contributed by atoms with van der Waals surface area (Å²) in [6.45, 7) is 10.8. The second-order valence-electron chi connectivity index (χ2n) is 9.40. The van der Waals surface area contributed by atoms with E-state index in [1.54, 1.807) is 18.2 Å². The molecule has 0 unspecified atom stereocenters. The predicted octanol–water partition coefficient (Wildman–Crippen LogP) is 5.45. The molecule has 4 nitrogen and oxygen atoms in total. The molecule has 2 aliphatic rings. The van der Waals surface area contributed by atoms with E-state index in [0.717, 1.165) is 9.03 Å². The molecule has 2 aromatic carbocycles. The second-order valence-corrected chi connectivity index (χ2v) is 11.0. The van der Waals surface area contributed by atoms with E-state index in [0.29, 0.717) is 10.9 Å². The number of hydrogen-bond acceptors (Lipinski definition) is 4. The summed E-state index contributed by atoms with van der Waals surface area (Å²) >= 11 is 7.57. The van der Waals surface area contributed by atoms with Crippen molar-refractivity contribution in [2.75, 3.05) is 20.1 Å². The van der Waals surface area contributed by atoms with Crippen LogP contribution in [0.25, 0.3) is 0 Å². The van der Waals surface area contributed by atoms with Crippen LogP contribution in [0, 0.1) is 3.57 Å². The fourth-order valence-electron chi connectivity index (χ4n) is 3.74. The van der Waals surface area contributed by atoms with Crippen molar-refractivity contribution in [2.45, 2.75) is 57.7 Å². The molecule has 2 saturated heterocycles. The Balaban J connectivity index is 0.000000254. The van der Waals surface area contributed by atoms with Gasteiger partial charge in [-0.3, -0.25) is 0 Å². The lowest BCUT2D eigenvalue weighted by Gasteiger charge is -2.32. The summed E-state index contributed by atoms with van der Waals surface area (Å²) in [6.07, 6.45) is 2.51. The lowest BCUT2D eigenvalue weighted by molar-refractivity contribution is 0.00578. The highest BCUT2D eigenvalue weighted by Crippen LogP contribution is 2.36. The summed E-state index contributed by atoms with van der Waals surface area (Å²) < 4.78 is 13.0. The maximum atomic E-state index is 9.07. The van der Waals surface area contributed by atoms with Crippen molar-refractivity contribution in [1.29, 1.82) is 0 Å². The van der Waals surface area contributed by atoms with Crippen LogP contribution in [-0.2, 0) is 9.31 Å². The average molecular weight is 556 g/mol. The number of piperidine rings is 1. The van der Waals surface area contributed by atoms with Gasteiger partial charge >= 0.3 is 7.12 Å². The van der Waals surface area contributed by atoms with Crippen molar-refractivity contribution in [2.24, 2.45) is 0 Å². The van der Waals surface area contributed by atoms with E-state index < -0.39 is 0 Å². The molecule has 0 aromatic heterocycles. The molecule has 2 heterocycles. The van der Waals surface area contributed by atoms with Gasteiger partial charge in [-0.25, -0.2) is 0 Å². The van der Waals surface area contributed by atoms with Crippen molar-refractivity contribution in [3.63, 3.8) is 0 Å². The van der Waals surface area contributed by atoms with Crippen LogP contribution in [0.1, 0.15) is 52.0 Å². The van der Waals surface area contributed by atoms with E-state index in [2.05, 4.69) is 63.9 Å². The summed E-state index contributed by atoms with van der Waals surface area (Å²) in [4.78, 5) is 2.41. The second kappa shape index (κ2) is 10.00. The van der Waals surface area contributed by atoms with Crippen LogP contribution < -0.4 is 5.46 Å². The van der Waals surface area contributed by atoms with Gasteiger partial charge in [0, 0.05) is 0 Å². The quantitative estimate of drug-likeness (QED) is 0.396. The predicted molar refractivity (Wildman–Crippen MR) is 137 cm³/mol. The van der Waals surface area contributed by atoms with E-state index >= 15 is 0 Å². The van der Waals surface area contributed by atoms with E-state index in [1.165, 1.54) is 31.5 Å². The first-order chi connectivity index (χ1) is 14.5. The number of nitrogens with zero attached hydrogens (tertiary/aromatic N) is 1. The highest BCUT2D eigenvalue weighted by Gasteiger charge is 2.51. The van der Waals surface area contributed by atoms with Crippen molar-refractivity contribution in [3.8, 4) is 5.75 Å². The molecule has 0 amide bonds. The number of rotatable bonds is 2. The minimum Gasteiger partial charge on any atom is -0.505 e. The van der Waals surface area contributed by atoms with Crippen LogP contribution in [0.3, 0.4) is 0 Å². The van der Waals surface area contributed by atoms with Gasteiger partial charge in [0.05, 0.1) is 19.8 Å². The van der Waals surface area contributed by atoms with Gasteiger partial charge in [0.15, 0.2) is 0 Å². The van der Waals surface area contributed by atoms with Crippen LogP contribution >= 0.6 is 34.2 Å². The van der Waals surface area contributed by atoms with Gasteiger partial charge < -0.3 is 19.3 Å². The maximum absolute atomic E-state index is 9.07. The fourth-order valence-corrected chi connectivity index (χ4v) is 4.57. The first-order valence-corrected chi connectivity index (χ1v) is 12.2. The highest BCUT2D eigenvalue weighted by atomic mass is 127. The molecule has 4 rings (SSSR count). The maximum Gasteiger partial charge on any atom is 0.494 e. The molecule has 31 heavy (non-hydrogen) atoms. The lowest BCUT2D eigenvalue weighted by atomic mass is 9.77. The Morgan fingerprint density at radius 1 is 1.00 bits per heavy atom. The smallest absolute Gasteiger partial charge is 0.494 e. The highest BCUT2D eigenvalue weighted by molar-refractivity contribution is 14.1. The van der Waals surface area contributed by atoms with E-state index in [9.17, 15) is 0 Å². The molecule has 0 aliphatic carbocycles. The number of halogens is 2. The minimum absolute atomic E-state index is 0.166. The number of phenols is 1. The van der Waals surface area contributed by atoms with E-state index in [4.69, 9.17) is 26.0 Å². The van der Waals surface area contributed by atoms with Crippen LogP contribution in [0.15, 0.2) is 42.5 Å². The summed E-state index contributed by atoms with van der Waals surface area (Å²) in [5.74, 6) is 0.864. The normalized spacial score (nSPS) is 20.9. The number of likely N-dealkylation sites (tertiary alicyclic amines) is 1. The number of aromatic hydroxyl groups is 1. The first-order valence-electron chi connectivity index (χ1n) is 10.8. The van der Waals surface area contributed by atoms with Gasteiger partial charge in [0.1, 0.15) is 5.75 Å². The Hall–Kier alpha value is -0.795. The molecule has 0 atom stereocenters. The van der Waals surface area contributed by atoms with Crippen LogP contribution in [0.2, 0.25) is 5.02 Å². The third-order valence-electron chi connectivity index (χ3n) is 6.59. The molecule has 2 fully saturated rings. The number of para-hydroxylation sites is 1. The van der Waals surface area contributed by atoms with E-state index in [1.807, 2.05) is 22.6 Å². The molecular formula is C24H32BClINO3. The largest absolute Gasteiger partial charge is 0.505 e. The molecule has 0 bridgehead atoms. The summed E-state index contributed by atoms with van der Waals surface area (Å²) in [5.41, 5.74) is 2.03. The summed E-state index contributed by atoms with van der Waals surface area (Å²) in [5, 5.41) is 9.47. The zero-order valence-corrected chi connectivity index (χ0v) is 21.9. The Kier molecular flexibility index (Phi) is 8.01. The van der Waals surface area contributed by atoms with E-state index in [-0.39, 0.29) is 24.1 Å². The van der Waals surface area contributed by atoms with Gasteiger partial charge in [-0.05, 0) is 112 Å². The molecule has 0 saturated carbocycles. The third-order valence-corrected chi connectivity index (χ3v) is 7.76. The molecular weight excluding hydrogens is 523 g/mol. The van der Waals surface area contributed by atoms with Crippen molar-refractivity contribution in [1.82, 2.24) is 4.90 Å². The number of hydrogen-bond donors (Lipinski definition) is 1. The Labute approximate surface area is 205 Å². The molecule has 0 spiro atoms. The zero-order chi connectivity index (χ0) is 22.8. The van der Waals surface area contributed by atoms with Crippen molar-refractivity contribution >= 4 is 46.8 Å². The SMILES string of the molecule is CN1CCC(c2ccc(B3OC(C)(C)C(C)(C)O3)cc2)CC1.Oc1c(Cl)cccc1I. The monoisotopic (exact) mass is 555 g/mol. The van der Waals surface area contributed by atoms with Gasteiger partial charge in [-0.2, -0.15) is 0 Å². The molecule has 168 valence electrons. The minimum atomic E-state index is -0.274. The lowest BCUT2D eigenvalue weighted by Crippen LogP contribution is -2.41. The molecule has 2 aromatic rings. The fraction of sp³-hybridized carbons (Fsp3) is 0.500. The number of benzene rings is 2. The number of phenolic OH excluding ortho intramolecular Hbond substituents is 1. The van der Waals surface area contributed by atoms with Gasteiger partial charge in [-0.1, -0.05) is 41.9 Å². The Morgan fingerprint density at radius 2 is 1.55 bits per heavy atom. The third kappa shape index (κ3) is 5.96. The Morgan fingerprint density at radius 3 is 2.03 bits per heavy atom.